The van der Waals surface area contributed by atoms with Crippen molar-refractivity contribution in [3.05, 3.63) is 36.5 Å². The number of hydrogen-bond donors (Lipinski definition) is 2. The fourth-order valence-electron chi connectivity index (χ4n) is 11.0. The molecule has 0 spiro atoms. The van der Waals surface area contributed by atoms with Gasteiger partial charge in [0.2, 0.25) is 5.91 Å². The molecule has 490 valence electrons. The largest absolute Gasteiger partial charge is 0.472 e. The molecule has 0 saturated carbocycles. The minimum atomic E-state index is -4.45. The van der Waals surface area contributed by atoms with E-state index in [4.69, 9.17) is 13.8 Å². The van der Waals surface area contributed by atoms with Crippen LogP contribution in [0.2, 0.25) is 0 Å². The van der Waals surface area contributed by atoms with Gasteiger partial charge in [0.25, 0.3) is 0 Å². The number of rotatable bonds is 67. The number of likely N-dealkylation sites (N-methyl/N-ethyl adjacent to an activating group) is 1. The fourth-order valence-corrected chi connectivity index (χ4v) is 11.7. The molecule has 2 N–H and O–H groups in total. The van der Waals surface area contributed by atoms with Gasteiger partial charge in [-0.2, -0.15) is 0 Å². The van der Waals surface area contributed by atoms with E-state index in [1.54, 1.807) is 0 Å². The Bertz CT molecular complexity index is 1510. The fraction of sp³-hybridized carbons (Fsp3) is 0.890. The van der Waals surface area contributed by atoms with Crippen LogP contribution in [0.1, 0.15) is 367 Å². The van der Waals surface area contributed by atoms with Crippen LogP contribution in [0.3, 0.4) is 0 Å². The predicted octanol–water partition coefficient (Wildman–Crippen LogP) is 23.0. The van der Waals surface area contributed by atoms with Crippen LogP contribution in [-0.4, -0.2) is 74.3 Å². The number of amides is 1. The van der Waals surface area contributed by atoms with E-state index in [9.17, 15) is 19.0 Å². The Kier molecular flexibility index (Phi) is 61.9. The zero-order valence-electron chi connectivity index (χ0n) is 56.2. The first kappa shape index (κ1) is 81.2. The number of nitrogens with zero attached hydrogens (tertiary/aromatic N) is 1. The lowest BCUT2D eigenvalue weighted by Gasteiger charge is -2.27. The quantitative estimate of drug-likeness (QED) is 0.0205. The molecule has 0 rings (SSSR count). The lowest BCUT2D eigenvalue weighted by molar-refractivity contribution is -0.870. The molecular formula is C73H142N2O7P+. The third-order valence-electron chi connectivity index (χ3n) is 16.6. The third-order valence-corrected chi connectivity index (χ3v) is 17.6. The summed E-state index contributed by atoms with van der Waals surface area (Å²) in [5.74, 6) is -0.482. The number of quaternary nitrogens is 1. The van der Waals surface area contributed by atoms with E-state index in [1.807, 2.05) is 27.2 Å². The predicted molar refractivity (Wildman–Crippen MR) is 360 cm³/mol. The summed E-state index contributed by atoms with van der Waals surface area (Å²) in [6.07, 6.45) is 78.7. The zero-order valence-corrected chi connectivity index (χ0v) is 57.1. The van der Waals surface area contributed by atoms with Crippen molar-refractivity contribution in [1.29, 1.82) is 0 Å². The van der Waals surface area contributed by atoms with Crippen molar-refractivity contribution in [2.75, 3.05) is 40.9 Å². The molecule has 83 heavy (non-hydrogen) atoms. The van der Waals surface area contributed by atoms with Gasteiger partial charge in [0.15, 0.2) is 0 Å². The van der Waals surface area contributed by atoms with E-state index in [0.717, 1.165) is 64.2 Å². The molecule has 0 fully saturated rings. The summed E-state index contributed by atoms with van der Waals surface area (Å²) in [6.45, 7) is 7.06. The number of phosphoric acid groups is 1. The molecule has 3 atom stereocenters. The Balaban J connectivity index is 5.00. The molecule has 0 bridgehead atoms. The van der Waals surface area contributed by atoms with Crippen LogP contribution in [-0.2, 0) is 27.9 Å². The van der Waals surface area contributed by atoms with Crippen LogP contribution in [0.5, 0.6) is 0 Å². The van der Waals surface area contributed by atoms with Crippen molar-refractivity contribution in [2.24, 2.45) is 0 Å². The van der Waals surface area contributed by atoms with Gasteiger partial charge in [-0.15, -0.1) is 0 Å². The molecule has 0 aliphatic heterocycles. The number of unbranched alkanes of at least 4 members (excludes halogenated alkanes) is 47. The van der Waals surface area contributed by atoms with Crippen molar-refractivity contribution in [3.63, 3.8) is 0 Å². The molecule has 1 amide bonds. The maximum Gasteiger partial charge on any atom is 0.472 e. The monoisotopic (exact) mass is 1190 g/mol. The van der Waals surface area contributed by atoms with Crippen LogP contribution < -0.4 is 5.32 Å². The normalized spacial score (nSPS) is 13.7. The summed E-state index contributed by atoms with van der Waals surface area (Å²) in [5, 5.41) is 3.08. The second-order valence-corrected chi connectivity index (χ2v) is 27.6. The van der Waals surface area contributed by atoms with Gasteiger partial charge in [0, 0.05) is 12.8 Å². The van der Waals surface area contributed by atoms with Crippen molar-refractivity contribution >= 4 is 19.7 Å². The minimum absolute atomic E-state index is 0.0441. The summed E-state index contributed by atoms with van der Waals surface area (Å²) in [5.41, 5.74) is 0. The first-order valence-electron chi connectivity index (χ1n) is 36.3. The summed E-state index contributed by atoms with van der Waals surface area (Å²) < 4.78 is 30.9. The van der Waals surface area contributed by atoms with Crippen molar-refractivity contribution in [1.82, 2.24) is 5.32 Å². The SMILES string of the molecule is CCCCC/C=C\C/C=C\CCCCCCCCCCCCCCCCCCCC(=O)OC(/C=C/CCCCCCCCCCCCC)C(COP(=O)(O)OCC[N+](C)(C)C)NC(=O)CCCCCCCCCCCCCCCCCCC. The van der Waals surface area contributed by atoms with E-state index in [1.165, 1.54) is 270 Å². The van der Waals surface area contributed by atoms with Gasteiger partial charge in [-0.05, 0) is 63.9 Å². The number of esters is 1. The molecule has 10 heteroatoms. The Labute approximate surface area is 516 Å². The molecule has 0 aromatic rings. The highest BCUT2D eigenvalue weighted by molar-refractivity contribution is 7.47. The lowest BCUT2D eigenvalue weighted by Crippen LogP contribution is -2.47. The Hall–Kier alpha value is -1.77. The second kappa shape index (κ2) is 63.3. The van der Waals surface area contributed by atoms with E-state index in [0.29, 0.717) is 23.9 Å². The molecule has 0 heterocycles. The Morgan fingerprint density at radius 1 is 0.422 bits per heavy atom. The molecule has 0 saturated heterocycles. The average molecular weight is 1190 g/mol. The Morgan fingerprint density at radius 3 is 1.11 bits per heavy atom. The average Bonchev–Trinajstić information content (AvgIpc) is 3.47. The topological polar surface area (TPSA) is 111 Å². The molecule has 0 radical (unpaired) electrons. The van der Waals surface area contributed by atoms with Gasteiger partial charge in [-0.25, -0.2) is 4.57 Å². The van der Waals surface area contributed by atoms with Crippen LogP contribution in [0.4, 0.5) is 0 Å². The highest BCUT2D eigenvalue weighted by Gasteiger charge is 2.30. The van der Waals surface area contributed by atoms with E-state index >= 15 is 0 Å². The zero-order chi connectivity index (χ0) is 60.7. The van der Waals surface area contributed by atoms with Crippen LogP contribution in [0.25, 0.3) is 0 Å². The Morgan fingerprint density at radius 2 is 0.735 bits per heavy atom. The summed E-state index contributed by atoms with van der Waals surface area (Å²) in [4.78, 5) is 37.9. The minimum Gasteiger partial charge on any atom is -0.456 e. The van der Waals surface area contributed by atoms with Crippen LogP contribution in [0, 0.1) is 0 Å². The van der Waals surface area contributed by atoms with Gasteiger partial charge in [-0.3, -0.25) is 18.6 Å². The number of carbonyl (C=O) groups is 2. The number of carbonyl (C=O) groups excluding carboxylic acids is 2. The molecule has 0 aliphatic rings. The van der Waals surface area contributed by atoms with Gasteiger partial charge in [0.05, 0.1) is 33.8 Å². The summed E-state index contributed by atoms with van der Waals surface area (Å²) >= 11 is 0. The number of hydrogen-bond acceptors (Lipinski definition) is 6. The summed E-state index contributed by atoms with van der Waals surface area (Å²) in [6, 6.07) is -0.844. The van der Waals surface area contributed by atoms with Gasteiger partial charge in [0.1, 0.15) is 19.3 Å². The first-order valence-corrected chi connectivity index (χ1v) is 37.8. The van der Waals surface area contributed by atoms with Gasteiger partial charge < -0.3 is 19.4 Å². The van der Waals surface area contributed by atoms with Crippen LogP contribution >= 0.6 is 7.82 Å². The molecule has 3 unspecified atom stereocenters. The standard InChI is InChI=1S/C73H141N2O7P/c1-7-10-13-16-19-22-25-28-30-32-33-34-35-36-37-38-39-40-41-43-45-48-51-54-57-60-63-66-73(77)82-71(64-61-58-55-52-49-46-27-24-21-18-15-12-9-3)70(69-81-83(78,79)80-68-67-75(4,5)6)74-72(76)65-62-59-56-53-50-47-44-42-31-29-26-23-20-17-14-11-8-2/h19,22,28,30,61,64,70-71H,7-18,20-21,23-27,29,31-60,62-63,65-69H2,1-6H3,(H-,74,76,78,79)/p+1/b22-19-,30-28-,64-61+. The van der Waals surface area contributed by atoms with E-state index < -0.39 is 20.0 Å². The van der Waals surface area contributed by atoms with Crippen molar-refractivity contribution in [3.8, 4) is 0 Å². The lowest BCUT2D eigenvalue weighted by atomic mass is 10.0. The van der Waals surface area contributed by atoms with Gasteiger partial charge >= 0.3 is 13.8 Å². The number of ether oxygens (including phenoxy) is 1. The van der Waals surface area contributed by atoms with E-state index in [2.05, 4.69) is 56.5 Å². The number of phosphoric ester groups is 1. The maximum absolute atomic E-state index is 13.6. The molecule has 9 nitrogen and oxygen atoms in total. The molecule has 0 aromatic heterocycles. The molecule has 0 aromatic carbocycles. The number of nitrogens with one attached hydrogen (secondary N) is 1. The first-order chi connectivity index (χ1) is 40.4. The third kappa shape index (κ3) is 64.5. The molecular weight excluding hydrogens is 1050 g/mol. The highest BCUT2D eigenvalue weighted by Crippen LogP contribution is 2.43. The van der Waals surface area contributed by atoms with Crippen molar-refractivity contribution < 1.29 is 37.3 Å². The highest BCUT2D eigenvalue weighted by atomic mass is 31.2. The van der Waals surface area contributed by atoms with Gasteiger partial charge in [-0.1, -0.05) is 327 Å². The molecule has 0 aliphatic carbocycles. The smallest absolute Gasteiger partial charge is 0.456 e. The number of allylic oxidation sites excluding steroid dienone is 5. The second-order valence-electron chi connectivity index (χ2n) is 26.1. The van der Waals surface area contributed by atoms with Crippen LogP contribution in [0.15, 0.2) is 36.5 Å². The van der Waals surface area contributed by atoms with E-state index in [-0.39, 0.29) is 25.1 Å². The summed E-state index contributed by atoms with van der Waals surface area (Å²) in [7, 11) is 1.52. The maximum atomic E-state index is 13.6. The van der Waals surface area contributed by atoms with Crippen molar-refractivity contribution in [2.45, 2.75) is 380 Å².